The Balaban J connectivity index is 1.13. The standard InChI is InChI=1S/C73H70O17/c1-80-72(79)73(42-58-63(82-45-51-28-12-3-13-29-51)61(48-81-44-50-26-10-2-11-27-50)88-71(85-47-53-32-16-5-17-33-53)64(58)83-46-52-30-14-4-15-31-52)43-59(86-68(76)55-36-20-7-21-37-55)65(89-70(78)57-40-24-9-25-41-57)66(90-73)62(74)60(87-69(77)56-38-22-8-23-39-56)49-84-67(75)54-34-18-6-19-35-54/h2-41,58-66,71,74H,42-49H2,1H3/t58-,59-,60+,61+,62+,63+,64+,65-,66-,71+,73+/m0/s1. The number of ether oxygens (including phenoxy) is 11. The molecule has 0 saturated carbocycles. The molecule has 90 heavy (non-hydrogen) atoms. The van der Waals surface area contributed by atoms with E-state index in [-0.39, 0.29) is 55.3 Å². The van der Waals surface area contributed by atoms with Crippen molar-refractivity contribution in [2.24, 2.45) is 5.92 Å². The highest BCUT2D eigenvalue weighted by Gasteiger charge is 2.62. The highest BCUT2D eigenvalue weighted by molar-refractivity contribution is 5.91. The normalized spacial score (nSPS) is 22.0. The summed E-state index contributed by atoms with van der Waals surface area (Å²) in [6, 6.07) is 69.8. The lowest BCUT2D eigenvalue weighted by Gasteiger charge is -2.52. The maximum atomic E-state index is 15.7. The summed E-state index contributed by atoms with van der Waals surface area (Å²) < 4.78 is 72.3. The molecule has 17 heteroatoms. The molecule has 2 fully saturated rings. The first-order chi connectivity index (χ1) is 44.0. The molecule has 0 unspecified atom stereocenters. The van der Waals surface area contributed by atoms with Crippen molar-refractivity contribution in [3.8, 4) is 0 Å². The molecule has 0 spiro atoms. The van der Waals surface area contributed by atoms with Crippen molar-refractivity contribution in [1.82, 2.24) is 0 Å². The van der Waals surface area contributed by atoms with Gasteiger partial charge in [0, 0.05) is 12.3 Å². The van der Waals surface area contributed by atoms with Gasteiger partial charge in [-0.05, 0) is 77.2 Å². The summed E-state index contributed by atoms with van der Waals surface area (Å²) in [5, 5.41) is 13.3. The third-order valence-corrected chi connectivity index (χ3v) is 15.6. The van der Waals surface area contributed by atoms with E-state index in [1.165, 1.54) is 48.5 Å². The predicted molar refractivity (Wildman–Crippen MR) is 328 cm³/mol. The van der Waals surface area contributed by atoms with Crippen LogP contribution >= 0.6 is 0 Å². The number of benzene rings is 8. The summed E-state index contributed by atoms with van der Waals surface area (Å²) in [4.78, 5) is 73.0. The molecule has 2 saturated heterocycles. The van der Waals surface area contributed by atoms with Gasteiger partial charge < -0.3 is 57.2 Å². The van der Waals surface area contributed by atoms with Gasteiger partial charge >= 0.3 is 29.8 Å². The van der Waals surface area contributed by atoms with Crippen LogP contribution in [0.1, 0.15) is 76.5 Å². The van der Waals surface area contributed by atoms with Crippen LogP contribution in [-0.4, -0.2) is 116 Å². The lowest BCUT2D eigenvalue weighted by molar-refractivity contribution is -0.323. The summed E-state index contributed by atoms with van der Waals surface area (Å²) in [7, 11) is 1.15. The van der Waals surface area contributed by atoms with Gasteiger partial charge in [-0.2, -0.15) is 0 Å². The Morgan fingerprint density at radius 1 is 0.489 bits per heavy atom. The van der Waals surface area contributed by atoms with Crippen LogP contribution < -0.4 is 0 Å². The van der Waals surface area contributed by atoms with Crippen molar-refractivity contribution in [2.75, 3.05) is 20.3 Å². The predicted octanol–water partition coefficient (Wildman–Crippen LogP) is 10.9. The number of hydrogen-bond acceptors (Lipinski definition) is 17. The first-order valence-corrected chi connectivity index (χ1v) is 29.7. The number of methoxy groups -OCH3 is 1. The van der Waals surface area contributed by atoms with Crippen LogP contribution in [0, 0.1) is 5.92 Å². The van der Waals surface area contributed by atoms with Crippen molar-refractivity contribution < 1.29 is 81.2 Å². The van der Waals surface area contributed by atoms with Crippen LogP contribution in [0.5, 0.6) is 0 Å². The van der Waals surface area contributed by atoms with Crippen molar-refractivity contribution in [2.45, 2.75) is 100.0 Å². The number of carbonyl (C=O) groups excluding carboxylic acids is 5. The Bertz CT molecular complexity index is 3520. The molecule has 2 aliphatic heterocycles. The third kappa shape index (κ3) is 17.0. The molecule has 10 rings (SSSR count). The third-order valence-electron chi connectivity index (χ3n) is 15.6. The average molecular weight is 1220 g/mol. The Labute approximate surface area is 522 Å². The molecule has 8 aromatic carbocycles. The van der Waals surface area contributed by atoms with Crippen molar-refractivity contribution in [3.63, 3.8) is 0 Å². The van der Waals surface area contributed by atoms with E-state index < -0.39 is 116 Å². The summed E-state index contributed by atoms with van der Waals surface area (Å²) >= 11 is 0. The van der Waals surface area contributed by atoms with Crippen molar-refractivity contribution >= 4 is 29.8 Å². The fraction of sp³-hybridized carbons (Fsp3) is 0.274. The first kappa shape index (κ1) is 63.8. The topological polar surface area (TPSA) is 207 Å². The van der Waals surface area contributed by atoms with Gasteiger partial charge in [-0.3, -0.25) is 0 Å². The van der Waals surface area contributed by atoms with Crippen molar-refractivity contribution in [3.05, 3.63) is 287 Å². The average Bonchev–Trinajstić information content (AvgIpc) is 1.000. The van der Waals surface area contributed by atoms with E-state index in [0.717, 1.165) is 29.4 Å². The molecule has 0 aromatic heterocycles. The van der Waals surface area contributed by atoms with Gasteiger partial charge in [-0.25, -0.2) is 24.0 Å². The van der Waals surface area contributed by atoms with Crippen LogP contribution in [0.2, 0.25) is 0 Å². The minimum Gasteiger partial charge on any atom is -0.467 e. The van der Waals surface area contributed by atoms with E-state index >= 15 is 4.79 Å². The lowest BCUT2D eigenvalue weighted by Crippen LogP contribution is -2.67. The first-order valence-electron chi connectivity index (χ1n) is 29.7. The maximum Gasteiger partial charge on any atom is 0.338 e. The summed E-state index contributed by atoms with van der Waals surface area (Å²) in [6.07, 6.45) is -14.9. The van der Waals surface area contributed by atoms with Gasteiger partial charge in [0.2, 0.25) is 0 Å². The molecule has 0 radical (unpaired) electrons. The molecule has 0 bridgehead atoms. The van der Waals surface area contributed by atoms with Gasteiger partial charge in [0.1, 0.15) is 37.1 Å². The van der Waals surface area contributed by atoms with Crippen molar-refractivity contribution in [1.29, 1.82) is 0 Å². The quantitative estimate of drug-likeness (QED) is 0.0375. The minimum absolute atomic E-state index is 0.00948. The zero-order valence-corrected chi connectivity index (χ0v) is 49.5. The second-order valence-corrected chi connectivity index (χ2v) is 21.8. The molecular formula is C73H70O17. The van der Waals surface area contributed by atoms with Crippen LogP contribution in [-0.2, 0) is 83.3 Å². The highest BCUT2D eigenvalue weighted by atomic mass is 16.7. The molecule has 1 N–H and O–H groups in total. The second kappa shape index (κ2) is 31.8. The second-order valence-electron chi connectivity index (χ2n) is 21.8. The number of aliphatic hydroxyl groups excluding tert-OH is 1. The number of esters is 5. The smallest absolute Gasteiger partial charge is 0.338 e. The molecule has 0 amide bonds. The zero-order valence-electron chi connectivity index (χ0n) is 49.5. The molecule has 17 nitrogen and oxygen atoms in total. The summed E-state index contributed by atoms with van der Waals surface area (Å²) in [6.45, 7) is -0.603. The van der Waals surface area contributed by atoms with Crippen LogP contribution in [0.25, 0.3) is 0 Å². The van der Waals surface area contributed by atoms with E-state index in [2.05, 4.69) is 0 Å². The molecule has 2 aliphatic rings. The minimum atomic E-state index is -2.35. The maximum absolute atomic E-state index is 15.7. The van der Waals surface area contributed by atoms with Gasteiger partial charge in [0.25, 0.3) is 0 Å². The fourth-order valence-corrected chi connectivity index (χ4v) is 11.1. The van der Waals surface area contributed by atoms with Crippen LogP contribution in [0.4, 0.5) is 0 Å². The van der Waals surface area contributed by atoms with E-state index in [9.17, 15) is 24.3 Å². The number of aliphatic hydroxyl groups is 1. The molecule has 0 aliphatic carbocycles. The van der Waals surface area contributed by atoms with Gasteiger partial charge in [0.05, 0.1) is 68.5 Å². The van der Waals surface area contributed by atoms with Crippen LogP contribution in [0.15, 0.2) is 243 Å². The van der Waals surface area contributed by atoms with Gasteiger partial charge in [-0.1, -0.05) is 194 Å². The molecular weight excluding hydrogens is 1150 g/mol. The monoisotopic (exact) mass is 1220 g/mol. The van der Waals surface area contributed by atoms with E-state index in [4.69, 9.17) is 52.1 Å². The SMILES string of the molecule is COC(=O)[C@@]1(C[C@H]2[C@@H](OCc3ccccc3)[C@@H](COCc3ccccc3)O[C@@H](OCc3ccccc3)[C@@H]2OCc2ccccc2)C[C@H](OC(=O)c2ccccc2)[C@H](OC(=O)c2ccccc2)[C@H]([C@H](O)[C@@H](COC(=O)c2ccccc2)OC(=O)c2ccccc2)O1. The lowest BCUT2D eigenvalue weighted by atomic mass is 9.74. The molecule has 464 valence electrons. The highest BCUT2D eigenvalue weighted by Crippen LogP contribution is 2.46. The number of carbonyl (C=O) groups is 5. The molecule has 8 aromatic rings. The van der Waals surface area contributed by atoms with E-state index in [1.54, 1.807) is 72.8 Å². The number of rotatable bonds is 27. The van der Waals surface area contributed by atoms with Gasteiger partial charge in [0.15, 0.2) is 24.1 Å². The zero-order chi connectivity index (χ0) is 62.5. The van der Waals surface area contributed by atoms with Gasteiger partial charge in [-0.15, -0.1) is 0 Å². The Kier molecular flexibility index (Phi) is 22.6. The Morgan fingerprint density at radius 3 is 1.38 bits per heavy atom. The summed E-state index contributed by atoms with van der Waals surface area (Å²) in [5.74, 6) is -5.68. The Hall–Kier alpha value is -9.17. The largest absolute Gasteiger partial charge is 0.467 e. The Morgan fingerprint density at radius 2 is 0.900 bits per heavy atom. The van der Waals surface area contributed by atoms with Crippen LogP contribution in [0.3, 0.4) is 0 Å². The number of hydrogen-bond donors (Lipinski definition) is 1. The van der Waals surface area contributed by atoms with E-state index in [0.29, 0.717) is 0 Å². The summed E-state index contributed by atoms with van der Waals surface area (Å²) in [5.41, 5.74) is 1.29. The molecule has 11 atom stereocenters. The van der Waals surface area contributed by atoms with E-state index in [1.807, 2.05) is 121 Å². The molecule has 2 heterocycles. The fourth-order valence-electron chi connectivity index (χ4n) is 11.1.